The zero-order valence-corrected chi connectivity index (χ0v) is 13.4. The highest BCUT2D eigenvalue weighted by Gasteiger charge is 2.21. The minimum atomic E-state index is -0.121. The van der Waals surface area contributed by atoms with E-state index < -0.39 is 0 Å². The predicted molar refractivity (Wildman–Crippen MR) is 84.7 cm³/mol. The number of carbonyl (C=O) groups is 1. The molecule has 2 rings (SSSR count). The van der Waals surface area contributed by atoms with E-state index in [0.29, 0.717) is 35.8 Å². The molecule has 0 unspecified atom stereocenters. The summed E-state index contributed by atoms with van der Waals surface area (Å²) in [6, 6.07) is 6.27. The molecular formula is C16H23ClN2O2. The molecule has 116 valence electrons. The van der Waals surface area contributed by atoms with E-state index in [1.54, 1.807) is 6.07 Å². The van der Waals surface area contributed by atoms with E-state index in [9.17, 15) is 4.79 Å². The van der Waals surface area contributed by atoms with Crippen LogP contribution >= 0.6 is 11.6 Å². The third-order valence-corrected chi connectivity index (χ3v) is 3.56. The smallest absolute Gasteiger partial charge is 0.257 e. The molecule has 1 saturated carbocycles. The van der Waals surface area contributed by atoms with Gasteiger partial charge in [-0.15, -0.1) is 0 Å². The fourth-order valence-corrected chi connectivity index (χ4v) is 2.15. The lowest BCUT2D eigenvalue weighted by atomic mass is 10.2. The average molecular weight is 311 g/mol. The van der Waals surface area contributed by atoms with Gasteiger partial charge in [-0.1, -0.05) is 37.6 Å². The van der Waals surface area contributed by atoms with Crippen molar-refractivity contribution in [3.8, 4) is 5.75 Å². The van der Waals surface area contributed by atoms with Gasteiger partial charge < -0.3 is 15.4 Å². The van der Waals surface area contributed by atoms with Crippen LogP contribution in [0, 0.1) is 5.92 Å². The van der Waals surface area contributed by atoms with E-state index in [4.69, 9.17) is 16.3 Å². The lowest BCUT2D eigenvalue weighted by Gasteiger charge is -2.14. The number of benzene rings is 1. The first-order valence-electron chi connectivity index (χ1n) is 7.46. The predicted octanol–water partition coefficient (Wildman–Crippen LogP) is 2.74. The maximum atomic E-state index is 11.7. The number of nitrogens with one attached hydrogen (secondary N) is 2. The second-order valence-electron chi connectivity index (χ2n) is 5.87. The van der Waals surface area contributed by atoms with Crippen LogP contribution in [-0.2, 0) is 11.3 Å². The first-order valence-corrected chi connectivity index (χ1v) is 7.84. The van der Waals surface area contributed by atoms with Crippen LogP contribution in [-0.4, -0.2) is 25.1 Å². The lowest BCUT2D eigenvalue weighted by Crippen LogP contribution is -2.32. The van der Waals surface area contributed by atoms with E-state index in [2.05, 4.69) is 24.5 Å². The Bertz CT molecular complexity index is 487. The fourth-order valence-electron chi connectivity index (χ4n) is 1.90. The highest BCUT2D eigenvalue weighted by Crippen LogP contribution is 2.29. The van der Waals surface area contributed by atoms with Gasteiger partial charge in [0.25, 0.3) is 5.91 Å². The summed E-state index contributed by atoms with van der Waals surface area (Å²) in [4.78, 5) is 11.7. The molecule has 1 aromatic rings. The number of amides is 1. The Labute approximate surface area is 131 Å². The van der Waals surface area contributed by atoms with Crippen molar-refractivity contribution >= 4 is 17.5 Å². The number of rotatable bonds is 8. The monoisotopic (exact) mass is 310 g/mol. The number of ether oxygens (including phenoxy) is 1. The van der Waals surface area contributed by atoms with Gasteiger partial charge in [0.15, 0.2) is 6.61 Å². The van der Waals surface area contributed by atoms with Crippen LogP contribution in [0.2, 0.25) is 5.02 Å². The quantitative estimate of drug-likeness (QED) is 0.776. The highest BCUT2D eigenvalue weighted by molar-refractivity contribution is 6.32. The lowest BCUT2D eigenvalue weighted by molar-refractivity contribution is -0.123. The molecular weight excluding hydrogens is 288 g/mol. The summed E-state index contributed by atoms with van der Waals surface area (Å²) in [7, 11) is 0. The van der Waals surface area contributed by atoms with Crippen LogP contribution in [0.3, 0.4) is 0 Å². The molecule has 1 aliphatic carbocycles. The van der Waals surface area contributed by atoms with Crippen molar-refractivity contribution in [3.63, 3.8) is 0 Å². The minimum absolute atomic E-state index is 0.00706. The molecule has 0 aliphatic heterocycles. The van der Waals surface area contributed by atoms with Crippen molar-refractivity contribution in [2.45, 2.75) is 39.3 Å². The van der Waals surface area contributed by atoms with Gasteiger partial charge in [-0.25, -0.2) is 0 Å². The van der Waals surface area contributed by atoms with Crippen molar-refractivity contribution in [2.75, 3.05) is 13.2 Å². The van der Waals surface area contributed by atoms with Crippen molar-refractivity contribution in [2.24, 2.45) is 5.92 Å². The van der Waals surface area contributed by atoms with E-state index in [-0.39, 0.29) is 12.5 Å². The molecule has 1 amide bonds. The fraction of sp³-hybridized carbons (Fsp3) is 0.562. The van der Waals surface area contributed by atoms with Crippen molar-refractivity contribution in [1.82, 2.24) is 10.6 Å². The van der Waals surface area contributed by atoms with E-state index >= 15 is 0 Å². The standard InChI is InChI=1S/C16H23ClN2O2/c1-11(2)8-19-15(20)10-21-16-12(4-3-5-14(16)17)9-18-13-6-7-13/h3-5,11,13,18H,6-10H2,1-2H3,(H,19,20). The van der Waals surface area contributed by atoms with E-state index in [1.165, 1.54) is 12.8 Å². The molecule has 4 nitrogen and oxygen atoms in total. The van der Waals surface area contributed by atoms with Gasteiger partial charge in [-0.3, -0.25) is 4.79 Å². The number of carbonyl (C=O) groups excluding carboxylic acids is 1. The zero-order chi connectivity index (χ0) is 15.2. The highest BCUT2D eigenvalue weighted by atomic mass is 35.5. The second kappa shape index (κ2) is 7.66. The maximum Gasteiger partial charge on any atom is 0.257 e. The summed E-state index contributed by atoms with van der Waals surface area (Å²) >= 11 is 6.19. The molecule has 0 bridgehead atoms. The van der Waals surface area contributed by atoms with Crippen LogP contribution < -0.4 is 15.4 Å². The third-order valence-electron chi connectivity index (χ3n) is 3.26. The molecule has 5 heteroatoms. The molecule has 1 aliphatic rings. The Morgan fingerprint density at radius 3 is 2.86 bits per heavy atom. The number of hydrogen-bond donors (Lipinski definition) is 2. The number of hydrogen-bond acceptors (Lipinski definition) is 3. The SMILES string of the molecule is CC(C)CNC(=O)COc1c(Cl)cccc1CNC1CC1. The second-order valence-corrected chi connectivity index (χ2v) is 6.28. The summed E-state index contributed by atoms with van der Waals surface area (Å²) in [5.41, 5.74) is 0.992. The van der Waals surface area contributed by atoms with Gasteiger partial charge in [0.1, 0.15) is 5.75 Å². The molecule has 0 saturated heterocycles. The van der Waals surface area contributed by atoms with Crippen LogP contribution in [0.15, 0.2) is 18.2 Å². The van der Waals surface area contributed by atoms with Crippen molar-refractivity contribution in [3.05, 3.63) is 28.8 Å². The Morgan fingerprint density at radius 1 is 1.43 bits per heavy atom. The maximum absolute atomic E-state index is 11.7. The first kappa shape index (κ1) is 16.1. The normalized spacial score (nSPS) is 14.3. The number of halogens is 1. The summed E-state index contributed by atoms with van der Waals surface area (Å²) in [6.45, 7) is 5.47. The summed E-state index contributed by atoms with van der Waals surface area (Å²) in [5.74, 6) is 0.907. The van der Waals surface area contributed by atoms with E-state index in [0.717, 1.165) is 5.56 Å². The Hall–Kier alpha value is -1.26. The van der Waals surface area contributed by atoms with Crippen LogP contribution in [0.5, 0.6) is 5.75 Å². The van der Waals surface area contributed by atoms with Gasteiger partial charge in [0, 0.05) is 24.7 Å². The Kier molecular flexibility index (Phi) is 5.88. The summed E-state index contributed by atoms with van der Waals surface area (Å²) < 4.78 is 5.63. The Morgan fingerprint density at radius 2 is 2.19 bits per heavy atom. The van der Waals surface area contributed by atoms with Gasteiger partial charge in [0.2, 0.25) is 0 Å². The van der Waals surface area contributed by atoms with Crippen molar-refractivity contribution in [1.29, 1.82) is 0 Å². The van der Waals surface area contributed by atoms with Crippen LogP contribution in [0.25, 0.3) is 0 Å². The van der Waals surface area contributed by atoms with Gasteiger partial charge in [-0.2, -0.15) is 0 Å². The summed E-state index contributed by atoms with van der Waals surface area (Å²) in [5, 5.41) is 6.80. The molecule has 0 radical (unpaired) electrons. The molecule has 0 atom stereocenters. The first-order chi connectivity index (χ1) is 10.1. The van der Waals surface area contributed by atoms with Crippen LogP contribution in [0.4, 0.5) is 0 Å². The molecule has 1 aromatic carbocycles. The van der Waals surface area contributed by atoms with E-state index in [1.807, 2.05) is 12.1 Å². The topological polar surface area (TPSA) is 50.4 Å². The molecule has 1 fully saturated rings. The zero-order valence-electron chi connectivity index (χ0n) is 12.6. The number of para-hydroxylation sites is 1. The Balaban J connectivity index is 1.89. The molecule has 2 N–H and O–H groups in total. The minimum Gasteiger partial charge on any atom is -0.482 e. The van der Waals surface area contributed by atoms with Gasteiger partial charge >= 0.3 is 0 Å². The molecule has 0 aromatic heterocycles. The van der Waals surface area contributed by atoms with Crippen molar-refractivity contribution < 1.29 is 9.53 Å². The van der Waals surface area contributed by atoms with Gasteiger partial charge in [0.05, 0.1) is 5.02 Å². The molecule has 0 spiro atoms. The summed E-state index contributed by atoms with van der Waals surface area (Å²) in [6.07, 6.45) is 2.46. The van der Waals surface area contributed by atoms with Crippen LogP contribution in [0.1, 0.15) is 32.3 Å². The largest absolute Gasteiger partial charge is 0.482 e. The molecule has 21 heavy (non-hydrogen) atoms. The van der Waals surface area contributed by atoms with Gasteiger partial charge in [-0.05, 0) is 24.8 Å². The third kappa shape index (κ3) is 5.56. The average Bonchev–Trinajstić information content (AvgIpc) is 3.26. The molecule has 0 heterocycles.